The van der Waals surface area contributed by atoms with Crippen molar-refractivity contribution in [2.75, 3.05) is 13.2 Å². The van der Waals surface area contributed by atoms with Crippen molar-refractivity contribution in [2.24, 2.45) is 0 Å². The van der Waals surface area contributed by atoms with Gasteiger partial charge in [0.25, 0.3) is 7.82 Å². The highest BCUT2D eigenvalue weighted by Crippen LogP contribution is 2.36. The zero-order valence-electron chi connectivity index (χ0n) is 13.3. The molecule has 0 radical (unpaired) electrons. The molecule has 1 rings (SSSR count). The van der Waals surface area contributed by atoms with E-state index in [2.05, 4.69) is 21.4 Å². The van der Waals surface area contributed by atoms with Gasteiger partial charge < -0.3 is 14.7 Å². The van der Waals surface area contributed by atoms with Gasteiger partial charge >= 0.3 is 6.03 Å². The Morgan fingerprint density at radius 1 is 1.22 bits per heavy atom. The molecule has 8 heteroatoms. The van der Waals surface area contributed by atoms with E-state index in [0.29, 0.717) is 13.0 Å². The average molecular weight is 343 g/mol. The maximum atomic E-state index is 11.5. The number of phosphoric ester groups is 1. The third-order valence-corrected chi connectivity index (χ3v) is 3.86. The number of hydrogen-bond acceptors (Lipinski definition) is 5. The minimum absolute atomic E-state index is 0.0505. The molecule has 1 aromatic carbocycles. The second kappa shape index (κ2) is 11.2. The van der Waals surface area contributed by atoms with Crippen LogP contribution in [-0.2, 0) is 20.1 Å². The largest absolute Gasteiger partial charge is 0.755 e. The molecule has 2 amide bonds. The fourth-order valence-corrected chi connectivity index (χ4v) is 2.40. The molecular formula is C15H24N2O5P-. The summed E-state index contributed by atoms with van der Waals surface area (Å²) in [6.07, 6.45) is 4.49. The molecule has 0 aliphatic carbocycles. The molecule has 130 valence electrons. The number of urea groups is 1. The van der Waals surface area contributed by atoms with Gasteiger partial charge in [0.2, 0.25) is 0 Å². The van der Waals surface area contributed by atoms with Gasteiger partial charge in [0.15, 0.2) is 0 Å². The molecule has 0 saturated heterocycles. The quantitative estimate of drug-likeness (QED) is 0.365. The van der Waals surface area contributed by atoms with Crippen LogP contribution in [0.5, 0.6) is 0 Å². The first kappa shape index (κ1) is 19.6. The summed E-state index contributed by atoms with van der Waals surface area (Å²) in [7, 11) is -4.56. The molecule has 0 heterocycles. The first-order valence-corrected chi connectivity index (χ1v) is 9.21. The van der Waals surface area contributed by atoms with Crippen LogP contribution in [0.2, 0.25) is 0 Å². The summed E-state index contributed by atoms with van der Waals surface area (Å²) in [6.45, 7) is 2.51. The van der Waals surface area contributed by atoms with Gasteiger partial charge in [-0.15, -0.1) is 0 Å². The Bertz CT molecular complexity index is 498. The van der Waals surface area contributed by atoms with Gasteiger partial charge in [-0.2, -0.15) is 4.62 Å². The van der Waals surface area contributed by atoms with Crippen molar-refractivity contribution in [2.45, 2.75) is 39.0 Å². The van der Waals surface area contributed by atoms with Crippen LogP contribution in [0.1, 0.15) is 38.2 Å². The van der Waals surface area contributed by atoms with Crippen LogP contribution in [0.4, 0.5) is 4.79 Å². The van der Waals surface area contributed by atoms with Crippen LogP contribution >= 0.6 is 7.82 Å². The van der Waals surface area contributed by atoms with E-state index in [1.165, 1.54) is 0 Å². The van der Waals surface area contributed by atoms with Gasteiger partial charge in [-0.1, -0.05) is 56.5 Å². The van der Waals surface area contributed by atoms with E-state index in [1.54, 1.807) is 0 Å². The number of carbonyl (C=O) groups excluding carboxylic acids is 1. The van der Waals surface area contributed by atoms with Gasteiger partial charge in [-0.3, -0.25) is 4.57 Å². The van der Waals surface area contributed by atoms with Gasteiger partial charge in [0.1, 0.15) is 0 Å². The number of unbranched alkanes of at least 4 members (excludes halogenated alkanes) is 3. The third-order valence-electron chi connectivity index (χ3n) is 3.05. The van der Waals surface area contributed by atoms with E-state index in [1.807, 2.05) is 35.8 Å². The SMILES string of the molecule is CCCCCCNC(=O)NOP(=O)([O-])OCCc1ccccc1. The second-order valence-corrected chi connectivity index (χ2v) is 6.36. The predicted molar refractivity (Wildman–Crippen MR) is 85.5 cm³/mol. The first-order valence-electron chi connectivity index (χ1n) is 7.75. The van der Waals surface area contributed by atoms with Crippen molar-refractivity contribution in [1.82, 2.24) is 10.8 Å². The van der Waals surface area contributed by atoms with Crippen LogP contribution in [0.15, 0.2) is 30.3 Å². The summed E-state index contributed by atoms with van der Waals surface area (Å²) < 4.78 is 20.5. The van der Waals surface area contributed by atoms with Crippen LogP contribution in [0, 0.1) is 0 Å². The van der Waals surface area contributed by atoms with Gasteiger partial charge in [0, 0.05) is 6.54 Å². The minimum atomic E-state index is -4.56. The molecule has 0 saturated carbocycles. The lowest BCUT2D eigenvalue weighted by Gasteiger charge is -2.22. The molecule has 0 spiro atoms. The van der Waals surface area contributed by atoms with Crippen LogP contribution in [0.3, 0.4) is 0 Å². The summed E-state index contributed by atoms with van der Waals surface area (Å²) >= 11 is 0. The number of amides is 2. The van der Waals surface area contributed by atoms with Crippen LogP contribution < -0.4 is 15.7 Å². The number of phosphoric acid groups is 1. The van der Waals surface area contributed by atoms with Gasteiger partial charge in [-0.05, 0) is 18.4 Å². The number of hydrogen-bond donors (Lipinski definition) is 2. The van der Waals surface area contributed by atoms with Gasteiger partial charge in [-0.25, -0.2) is 10.3 Å². The van der Waals surface area contributed by atoms with E-state index >= 15 is 0 Å². The molecule has 1 aromatic rings. The zero-order valence-corrected chi connectivity index (χ0v) is 14.2. The molecule has 0 aliphatic heterocycles. The van der Waals surface area contributed by atoms with Crippen molar-refractivity contribution >= 4 is 13.9 Å². The topological polar surface area (TPSA) is 99.7 Å². The standard InChI is InChI=1S/C15H25N2O5P/c1-2-3-4-8-12-16-15(18)17-22-23(19,20)21-13-11-14-9-6-5-7-10-14/h5-7,9-10H,2-4,8,11-13H2,1H3,(H,19,20)(H2,16,17,18)/p-1. The monoisotopic (exact) mass is 343 g/mol. The van der Waals surface area contributed by atoms with E-state index in [9.17, 15) is 14.3 Å². The maximum Gasteiger partial charge on any atom is 0.339 e. The van der Waals surface area contributed by atoms with Crippen molar-refractivity contribution in [3.05, 3.63) is 35.9 Å². The minimum Gasteiger partial charge on any atom is -0.755 e. The van der Waals surface area contributed by atoms with Crippen LogP contribution in [-0.4, -0.2) is 19.2 Å². The highest BCUT2D eigenvalue weighted by atomic mass is 31.2. The Hall–Kier alpha value is -1.40. The molecule has 0 bridgehead atoms. The highest BCUT2D eigenvalue weighted by Gasteiger charge is 2.11. The highest BCUT2D eigenvalue weighted by molar-refractivity contribution is 7.45. The summed E-state index contributed by atoms with van der Waals surface area (Å²) in [6, 6.07) is 8.61. The lowest BCUT2D eigenvalue weighted by atomic mass is 10.2. The molecule has 0 aromatic heterocycles. The van der Waals surface area contributed by atoms with E-state index < -0.39 is 13.9 Å². The lowest BCUT2D eigenvalue weighted by Crippen LogP contribution is -2.36. The van der Waals surface area contributed by atoms with Crippen molar-refractivity contribution < 1.29 is 23.4 Å². The molecular weight excluding hydrogens is 319 g/mol. The number of hydroxylamine groups is 1. The van der Waals surface area contributed by atoms with Crippen molar-refractivity contribution in [3.8, 4) is 0 Å². The van der Waals surface area contributed by atoms with E-state index in [-0.39, 0.29) is 6.61 Å². The van der Waals surface area contributed by atoms with Crippen LogP contribution in [0.25, 0.3) is 0 Å². The molecule has 0 aliphatic rings. The molecule has 1 unspecified atom stereocenters. The van der Waals surface area contributed by atoms with Crippen molar-refractivity contribution in [1.29, 1.82) is 0 Å². The molecule has 23 heavy (non-hydrogen) atoms. The Morgan fingerprint density at radius 2 is 1.96 bits per heavy atom. The summed E-state index contributed by atoms with van der Waals surface area (Å²) in [5.41, 5.74) is 2.76. The maximum absolute atomic E-state index is 11.5. The second-order valence-electron chi connectivity index (χ2n) is 5.03. The number of carbonyl (C=O) groups is 1. The third kappa shape index (κ3) is 10.1. The summed E-state index contributed by atoms with van der Waals surface area (Å²) in [4.78, 5) is 22.8. The molecule has 2 N–H and O–H groups in total. The molecule has 1 atom stereocenters. The Morgan fingerprint density at radius 3 is 2.65 bits per heavy atom. The molecule has 7 nitrogen and oxygen atoms in total. The Balaban J connectivity index is 2.14. The fourth-order valence-electron chi connectivity index (χ4n) is 1.83. The summed E-state index contributed by atoms with van der Waals surface area (Å²) in [5.74, 6) is 0. The average Bonchev–Trinajstić information content (AvgIpc) is 2.54. The van der Waals surface area contributed by atoms with Gasteiger partial charge in [0.05, 0.1) is 6.61 Å². The Labute approximate surface area is 137 Å². The predicted octanol–water partition coefficient (Wildman–Crippen LogP) is 2.53. The molecule has 0 fully saturated rings. The zero-order chi connectivity index (χ0) is 17.0. The van der Waals surface area contributed by atoms with E-state index in [4.69, 9.17) is 0 Å². The Kier molecular flexibility index (Phi) is 9.55. The normalized spacial score (nSPS) is 13.3. The van der Waals surface area contributed by atoms with Crippen molar-refractivity contribution in [3.63, 3.8) is 0 Å². The fraction of sp³-hybridized carbons (Fsp3) is 0.533. The smallest absolute Gasteiger partial charge is 0.339 e. The first-order chi connectivity index (χ1) is 11.0. The summed E-state index contributed by atoms with van der Waals surface area (Å²) in [5, 5.41) is 2.51. The van der Waals surface area contributed by atoms with E-state index in [0.717, 1.165) is 31.2 Å². The number of benzene rings is 1. The number of rotatable bonds is 11. The lowest BCUT2D eigenvalue weighted by molar-refractivity contribution is -0.229. The number of nitrogens with one attached hydrogen (secondary N) is 2.